The van der Waals surface area contributed by atoms with E-state index >= 15 is 0 Å². The van der Waals surface area contributed by atoms with Crippen molar-refractivity contribution in [1.82, 2.24) is 0 Å². The van der Waals surface area contributed by atoms with Crippen molar-refractivity contribution >= 4 is 11.8 Å². The zero-order valence-electron chi connectivity index (χ0n) is 13.0. The SMILES string of the molecule is CCCCCCCCC(C(C)=O)C(=O)OCC(C)C. The Labute approximate surface area is 118 Å². The first-order chi connectivity index (χ1) is 8.99. The van der Waals surface area contributed by atoms with E-state index in [9.17, 15) is 9.59 Å². The van der Waals surface area contributed by atoms with Crippen molar-refractivity contribution in [2.75, 3.05) is 6.61 Å². The van der Waals surface area contributed by atoms with Gasteiger partial charge in [0.05, 0.1) is 6.61 Å². The third kappa shape index (κ3) is 9.69. The maximum atomic E-state index is 11.8. The van der Waals surface area contributed by atoms with Gasteiger partial charge in [0.15, 0.2) is 0 Å². The molecule has 0 saturated heterocycles. The number of Topliss-reactive ketones (excluding diaryl/α,β-unsaturated/α-hetero) is 1. The van der Waals surface area contributed by atoms with Crippen LogP contribution in [-0.2, 0) is 14.3 Å². The van der Waals surface area contributed by atoms with E-state index < -0.39 is 5.92 Å². The third-order valence-corrected chi connectivity index (χ3v) is 3.18. The predicted molar refractivity (Wildman–Crippen MR) is 78.0 cm³/mol. The monoisotopic (exact) mass is 270 g/mol. The van der Waals surface area contributed by atoms with Gasteiger partial charge in [-0.2, -0.15) is 0 Å². The molecule has 0 radical (unpaired) electrons. The fourth-order valence-electron chi connectivity index (χ4n) is 1.97. The van der Waals surface area contributed by atoms with E-state index in [0.29, 0.717) is 18.9 Å². The lowest BCUT2D eigenvalue weighted by Gasteiger charge is -2.14. The summed E-state index contributed by atoms with van der Waals surface area (Å²) in [5.41, 5.74) is 0. The molecule has 0 aromatic heterocycles. The van der Waals surface area contributed by atoms with Crippen molar-refractivity contribution in [2.24, 2.45) is 11.8 Å². The van der Waals surface area contributed by atoms with Gasteiger partial charge in [0.1, 0.15) is 11.7 Å². The first kappa shape index (κ1) is 18.1. The molecule has 0 aliphatic rings. The normalized spacial score (nSPS) is 12.5. The Balaban J connectivity index is 3.92. The smallest absolute Gasteiger partial charge is 0.316 e. The van der Waals surface area contributed by atoms with E-state index in [2.05, 4.69) is 6.92 Å². The first-order valence-electron chi connectivity index (χ1n) is 7.66. The Morgan fingerprint density at radius 2 is 1.58 bits per heavy atom. The maximum Gasteiger partial charge on any atom is 0.316 e. The molecule has 1 unspecified atom stereocenters. The number of carbonyl (C=O) groups excluding carboxylic acids is 2. The highest BCUT2D eigenvalue weighted by Crippen LogP contribution is 2.15. The lowest BCUT2D eigenvalue weighted by atomic mass is 9.97. The fourth-order valence-corrected chi connectivity index (χ4v) is 1.97. The first-order valence-corrected chi connectivity index (χ1v) is 7.66. The number of esters is 1. The molecule has 0 fully saturated rings. The maximum absolute atomic E-state index is 11.8. The molecule has 0 aliphatic heterocycles. The second-order valence-electron chi connectivity index (χ2n) is 5.74. The van der Waals surface area contributed by atoms with Gasteiger partial charge in [-0.05, 0) is 19.3 Å². The molecule has 0 spiro atoms. The van der Waals surface area contributed by atoms with Crippen LogP contribution in [0, 0.1) is 11.8 Å². The highest BCUT2D eigenvalue weighted by molar-refractivity contribution is 5.97. The number of hydrogen-bond acceptors (Lipinski definition) is 3. The van der Waals surface area contributed by atoms with Crippen LogP contribution in [0.2, 0.25) is 0 Å². The lowest BCUT2D eigenvalue weighted by molar-refractivity contribution is -0.152. The molecule has 0 heterocycles. The van der Waals surface area contributed by atoms with Crippen molar-refractivity contribution in [3.63, 3.8) is 0 Å². The quantitative estimate of drug-likeness (QED) is 0.322. The Bertz CT molecular complexity index is 259. The topological polar surface area (TPSA) is 43.4 Å². The number of carbonyl (C=O) groups is 2. The van der Waals surface area contributed by atoms with Crippen LogP contribution in [-0.4, -0.2) is 18.4 Å². The van der Waals surface area contributed by atoms with E-state index in [4.69, 9.17) is 4.74 Å². The highest BCUT2D eigenvalue weighted by atomic mass is 16.5. The molecule has 0 amide bonds. The Morgan fingerprint density at radius 1 is 1.00 bits per heavy atom. The van der Waals surface area contributed by atoms with Gasteiger partial charge >= 0.3 is 5.97 Å². The molecule has 0 aliphatic carbocycles. The summed E-state index contributed by atoms with van der Waals surface area (Å²) in [6.45, 7) is 8.06. The molecule has 0 aromatic rings. The molecular weight excluding hydrogens is 240 g/mol. The standard InChI is InChI=1S/C16H30O3/c1-5-6-7-8-9-10-11-15(14(4)17)16(18)19-12-13(2)3/h13,15H,5-12H2,1-4H3. The molecule has 3 nitrogen and oxygen atoms in total. The number of ether oxygens (including phenoxy) is 1. The fraction of sp³-hybridized carbons (Fsp3) is 0.875. The molecule has 0 bridgehead atoms. The van der Waals surface area contributed by atoms with Gasteiger partial charge in [0.2, 0.25) is 0 Å². The van der Waals surface area contributed by atoms with Gasteiger partial charge in [0, 0.05) is 0 Å². The number of rotatable bonds is 11. The largest absolute Gasteiger partial charge is 0.465 e. The van der Waals surface area contributed by atoms with Crippen molar-refractivity contribution in [3.05, 3.63) is 0 Å². The van der Waals surface area contributed by atoms with Crippen LogP contribution >= 0.6 is 0 Å². The van der Waals surface area contributed by atoms with Crippen LogP contribution in [0.15, 0.2) is 0 Å². The van der Waals surface area contributed by atoms with Crippen molar-refractivity contribution in [2.45, 2.75) is 72.6 Å². The molecule has 112 valence electrons. The Morgan fingerprint density at radius 3 is 2.11 bits per heavy atom. The highest BCUT2D eigenvalue weighted by Gasteiger charge is 2.24. The summed E-state index contributed by atoms with van der Waals surface area (Å²) in [5, 5.41) is 0. The Kier molecular flexibility index (Phi) is 10.5. The molecule has 1 atom stereocenters. The van der Waals surface area contributed by atoms with E-state index in [1.807, 2.05) is 13.8 Å². The average molecular weight is 270 g/mol. The zero-order chi connectivity index (χ0) is 14.7. The van der Waals surface area contributed by atoms with Crippen molar-refractivity contribution in [1.29, 1.82) is 0 Å². The van der Waals surface area contributed by atoms with Gasteiger partial charge in [-0.3, -0.25) is 9.59 Å². The molecule has 0 saturated carbocycles. The predicted octanol–water partition coefficient (Wildman–Crippen LogP) is 4.14. The van der Waals surface area contributed by atoms with Crippen molar-refractivity contribution < 1.29 is 14.3 Å². The second kappa shape index (κ2) is 11.0. The summed E-state index contributed by atoms with van der Waals surface area (Å²) < 4.78 is 5.16. The average Bonchev–Trinajstić information content (AvgIpc) is 2.34. The van der Waals surface area contributed by atoms with E-state index in [0.717, 1.165) is 12.8 Å². The van der Waals surface area contributed by atoms with E-state index in [1.54, 1.807) is 0 Å². The zero-order valence-corrected chi connectivity index (χ0v) is 13.0. The molecular formula is C16H30O3. The van der Waals surface area contributed by atoms with Crippen LogP contribution in [0.5, 0.6) is 0 Å². The minimum atomic E-state index is -0.551. The van der Waals surface area contributed by atoms with E-state index in [1.165, 1.54) is 32.6 Å². The Hall–Kier alpha value is -0.860. The molecule has 0 rings (SSSR count). The van der Waals surface area contributed by atoms with Crippen molar-refractivity contribution in [3.8, 4) is 0 Å². The molecule has 0 aromatic carbocycles. The number of unbranched alkanes of at least 4 members (excludes halogenated alkanes) is 5. The number of hydrogen-bond donors (Lipinski definition) is 0. The van der Waals surface area contributed by atoms with Crippen LogP contribution in [0.25, 0.3) is 0 Å². The number of ketones is 1. The molecule has 3 heteroatoms. The van der Waals surface area contributed by atoms with Gasteiger partial charge in [-0.25, -0.2) is 0 Å². The summed E-state index contributed by atoms with van der Waals surface area (Å²) in [5.74, 6) is -0.646. The van der Waals surface area contributed by atoms with Gasteiger partial charge < -0.3 is 4.74 Å². The van der Waals surface area contributed by atoms with E-state index in [-0.39, 0.29) is 11.8 Å². The van der Waals surface area contributed by atoms with Crippen LogP contribution in [0.3, 0.4) is 0 Å². The lowest BCUT2D eigenvalue weighted by Crippen LogP contribution is -2.25. The van der Waals surface area contributed by atoms with Crippen LogP contribution in [0.4, 0.5) is 0 Å². The summed E-state index contributed by atoms with van der Waals surface area (Å²) >= 11 is 0. The second-order valence-corrected chi connectivity index (χ2v) is 5.74. The summed E-state index contributed by atoms with van der Waals surface area (Å²) in [4.78, 5) is 23.3. The molecule has 0 N–H and O–H groups in total. The van der Waals surface area contributed by atoms with Gasteiger partial charge in [-0.15, -0.1) is 0 Å². The summed E-state index contributed by atoms with van der Waals surface area (Å²) in [6.07, 6.45) is 7.62. The van der Waals surface area contributed by atoms with Gasteiger partial charge in [-0.1, -0.05) is 59.3 Å². The minimum absolute atomic E-state index is 0.0673. The minimum Gasteiger partial charge on any atom is -0.465 e. The van der Waals surface area contributed by atoms with Gasteiger partial charge in [0.25, 0.3) is 0 Å². The molecule has 19 heavy (non-hydrogen) atoms. The third-order valence-electron chi connectivity index (χ3n) is 3.18. The summed E-state index contributed by atoms with van der Waals surface area (Å²) in [7, 11) is 0. The van der Waals surface area contributed by atoms with Crippen LogP contribution in [0.1, 0.15) is 72.6 Å². The summed E-state index contributed by atoms with van der Waals surface area (Å²) in [6, 6.07) is 0. The van der Waals surface area contributed by atoms with Crippen LogP contribution < -0.4 is 0 Å².